The number of sulfone groups is 1. The third-order valence-corrected chi connectivity index (χ3v) is 6.86. The van der Waals surface area contributed by atoms with Gasteiger partial charge in [0.1, 0.15) is 18.2 Å². The van der Waals surface area contributed by atoms with Gasteiger partial charge >= 0.3 is 0 Å². The molecule has 1 fully saturated rings. The van der Waals surface area contributed by atoms with Crippen LogP contribution in [0.15, 0.2) is 59.5 Å². The molecule has 1 aliphatic rings. The van der Waals surface area contributed by atoms with Crippen LogP contribution in [0.1, 0.15) is 12.8 Å². The Morgan fingerprint density at radius 2 is 1.77 bits per heavy atom. The maximum Gasteiger partial charge on any atom is 0.184 e. The highest BCUT2D eigenvalue weighted by atomic mass is 35.5. The van der Waals surface area contributed by atoms with Crippen molar-refractivity contribution in [2.75, 3.05) is 12.5 Å². The summed E-state index contributed by atoms with van der Waals surface area (Å²) in [6.07, 6.45) is 1.01. The molecule has 2 aromatic carbocycles. The van der Waals surface area contributed by atoms with E-state index >= 15 is 0 Å². The Labute approximate surface area is 157 Å². The number of ether oxygens (including phenoxy) is 2. The van der Waals surface area contributed by atoms with Crippen LogP contribution in [-0.2, 0) is 14.6 Å². The van der Waals surface area contributed by atoms with Crippen molar-refractivity contribution in [3.63, 3.8) is 0 Å². The molecule has 3 rings (SSSR count). The van der Waals surface area contributed by atoms with E-state index in [1.807, 2.05) is 0 Å². The summed E-state index contributed by atoms with van der Waals surface area (Å²) in [6, 6.07) is 13.8. The number of alkyl halides is 1. The van der Waals surface area contributed by atoms with E-state index < -0.39 is 15.1 Å². The van der Waals surface area contributed by atoms with Crippen molar-refractivity contribution < 1.29 is 22.3 Å². The quantitative estimate of drug-likeness (QED) is 0.475. The van der Waals surface area contributed by atoms with E-state index in [4.69, 9.17) is 21.1 Å². The smallest absolute Gasteiger partial charge is 0.184 e. The van der Waals surface area contributed by atoms with E-state index in [2.05, 4.69) is 0 Å². The Balaban J connectivity index is 1.71. The molecule has 4 nitrogen and oxygen atoms in total. The molecule has 0 aromatic heterocycles. The first-order valence-corrected chi connectivity index (χ1v) is 10.5. The molecular weight excluding hydrogens is 379 g/mol. The fraction of sp³-hybridized carbons (Fsp3) is 0.368. The molecule has 0 spiro atoms. The number of rotatable bonds is 9. The van der Waals surface area contributed by atoms with Gasteiger partial charge in [0.2, 0.25) is 0 Å². The van der Waals surface area contributed by atoms with Crippen molar-refractivity contribution in [2.45, 2.75) is 35.2 Å². The predicted octanol–water partition coefficient (Wildman–Crippen LogP) is 3.83. The van der Waals surface area contributed by atoms with Gasteiger partial charge in [-0.25, -0.2) is 12.8 Å². The minimum atomic E-state index is -3.56. The SMILES string of the molecule is O=S(=O)(c1ccccc1)[C@H](CC[C@@H]1O[C@H]1CCl)COc1ccc(F)cc1. The first-order valence-electron chi connectivity index (χ1n) is 8.39. The second-order valence-corrected chi connectivity index (χ2v) is 8.73. The van der Waals surface area contributed by atoms with Crippen LogP contribution in [0.5, 0.6) is 5.75 Å². The lowest BCUT2D eigenvalue weighted by molar-refractivity contribution is 0.299. The van der Waals surface area contributed by atoms with Crippen molar-refractivity contribution in [3.05, 3.63) is 60.4 Å². The average molecular weight is 399 g/mol. The molecule has 0 amide bonds. The molecular formula is C19H20ClFO4S. The molecule has 1 aliphatic heterocycles. The van der Waals surface area contributed by atoms with Crippen LogP contribution >= 0.6 is 11.6 Å². The van der Waals surface area contributed by atoms with Crippen molar-refractivity contribution in [1.82, 2.24) is 0 Å². The molecule has 1 heterocycles. The molecule has 2 aromatic rings. The van der Waals surface area contributed by atoms with Gasteiger partial charge in [-0.2, -0.15) is 0 Å². The minimum absolute atomic E-state index is 0.00629. The maximum atomic E-state index is 13.0. The van der Waals surface area contributed by atoms with Crippen LogP contribution in [0.4, 0.5) is 4.39 Å². The third kappa shape index (κ3) is 4.75. The topological polar surface area (TPSA) is 55.9 Å². The Morgan fingerprint density at radius 1 is 1.08 bits per heavy atom. The van der Waals surface area contributed by atoms with Crippen LogP contribution in [0, 0.1) is 5.82 Å². The molecule has 0 aliphatic carbocycles. The molecule has 1 saturated heterocycles. The number of epoxide rings is 1. The summed E-state index contributed by atoms with van der Waals surface area (Å²) in [7, 11) is -3.56. The summed E-state index contributed by atoms with van der Waals surface area (Å²) in [5, 5.41) is -0.727. The lowest BCUT2D eigenvalue weighted by Gasteiger charge is -2.18. The van der Waals surface area contributed by atoms with Crippen molar-refractivity contribution >= 4 is 21.4 Å². The van der Waals surface area contributed by atoms with Gasteiger partial charge < -0.3 is 9.47 Å². The molecule has 0 N–H and O–H groups in total. The second kappa shape index (κ2) is 8.37. The van der Waals surface area contributed by atoms with Gasteiger partial charge in [-0.15, -0.1) is 11.6 Å². The first-order chi connectivity index (χ1) is 12.5. The van der Waals surface area contributed by atoms with Crippen LogP contribution in [-0.4, -0.2) is 38.4 Å². The predicted molar refractivity (Wildman–Crippen MR) is 97.9 cm³/mol. The lowest BCUT2D eigenvalue weighted by atomic mass is 10.1. The van der Waals surface area contributed by atoms with E-state index in [0.29, 0.717) is 24.5 Å². The van der Waals surface area contributed by atoms with Gasteiger partial charge in [0.25, 0.3) is 0 Å². The number of hydrogen-bond acceptors (Lipinski definition) is 4. The Bertz CT molecular complexity index is 811. The molecule has 0 unspecified atom stereocenters. The summed E-state index contributed by atoms with van der Waals surface area (Å²) in [6.45, 7) is -0.0128. The van der Waals surface area contributed by atoms with Gasteiger partial charge in [0.15, 0.2) is 9.84 Å². The monoisotopic (exact) mass is 398 g/mol. The molecule has 140 valence electrons. The molecule has 3 atom stereocenters. The zero-order chi connectivity index (χ0) is 18.6. The fourth-order valence-corrected chi connectivity index (χ4v) is 4.66. The van der Waals surface area contributed by atoms with Gasteiger partial charge in [0, 0.05) is 0 Å². The minimum Gasteiger partial charge on any atom is -0.492 e. The van der Waals surface area contributed by atoms with E-state index in [9.17, 15) is 12.8 Å². The van der Waals surface area contributed by atoms with Gasteiger partial charge in [-0.3, -0.25) is 0 Å². The van der Waals surface area contributed by atoms with Crippen LogP contribution in [0.2, 0.25) is 0 Å². The van der Waals surface area contributed by atoms with Crippen molar-refractivity contribution in [1.29, 1.82) is 0 Å². The van der Waals surface area contributed by atoms with Crippen LogP contribution in [0.3, 0.4) is 0 Å². The summed E-state index contributed by atoms with van der Waals surface area (Å²) >= 11 is 5.75. The van der Waals surface area contributed by atoms with E-state index in [1.165, 1.54) is 24.3 Å². The second-order valence-electron chi connectivity index (χ2n) is 6.19. The molecule has 7 heteroatoms. The van der Waals surface area contributed by atoms with Gasteiger partial charge in [0.05, 0.1) is 28.2 Å². The standard InChI is InChI=1S/C19H20ClFO4S/c20-12-19-18(25-19)11-10-17(13-24-15-8-6-14(21)7-9-15)26(22,23)16-4-2-1-3-5-16/h1-9,17-19H,10-13H2/t17-,18+,19+/m1/s1. The zero-order valence-corrected chi connectivity index (χ0v) is 15.6. The third-order valence-electron chi connectivity index (χ3n) is 4.37. The van der Waals surface area contributed by atoms with E-state index in [-0.39, 0.29) is 29.5 Å². The first kappa shape index (κ1) is 19.1. The van der Waals surface area contributed by atoms with Gasteiger partial charge in [-0.05, 0) is 49.2 Å². The van der Waals surface area contributed by atoms with Crippen molar-refractivity contribution in [2.24, 2.45) is 0 Å². The summed E-state index contributed by atoms with van der Waals surface area (Å²) < 4.78 is 50.0. The summed E-state index contributed by atoms with van der Waals surface area (Å²) in [5.74, 6) is 0.470. The molecule has 26 heavy (non-hydrogen) atoms. The highest BCUT2D eigenvalue weighted by Crippen LogP contribution is 2.30. The van der Waals surface area contributed by atoms with E-state index in [0.717, 1.165) is 0 Å². The summed E-state index contributed by atoms with van der Waals surface area (Å²) in [5.41, 5.74) is 0. The van der Waals surface area contributed by atoms with Gasteiger partial charge in [-0.1, -0.05) is 18.2 Å². The van der Waals surface area contributed by atoms with E-state index in [1.54, 1.807) is 30.3 Å². The van der Waals surface area contributed by atoms with Crippen LogP contribution in [0.25, 0.3) is 0 Å². The zero-order valence-electron chi connectivity index (χ0n) is 14.1. The Morgan fingerprint density at radius 3 is 2.38 bits per heavy atom. The highest BCUT2D eigenvalue weighted by Gasteiger charge is 2.39. The highest BCUT2D eigenvalue weighted by molar-refractivity contribution is 7.92. The van der Waals surface area contributed by atoms with Crippen LogP contribution < -0.4 is 4.74 Å². The molecule has 0 saturated carbocycles. The Hall–Kier alpha value is -1.63. The number of hydrogen-bond donors (Lipinski definition) is 0. The molecule has 0 radical (unpaired) electrons. The molecule has 0 bridgehead atoms. The number of halogens is 2. The maximum absolute atomic E-state index is 13.0. The normalized spacial score (nSPS) is 20.5. The average Bonchev–Trinajstić information content (AvgIpc) is 3.42. The fourth-order valence-electron chi connectivity index (χ4n) is 2.77. The summed E-state index contributed by atoms with van der Waals surface area (Å²) in [4.78, 5) is 0.262. The largest absolute Gasteiger partial charge is 0.492 e. The lowest BCUT2D eigenvalue weighted by Crippen LogP contribution is -2.29. The van der Waals surface area contributed by atoms with Crippen molar-refractivity contribution in [3.8, 4) is 5.75 Å². The Kier molecular flexibility index (Phi) is 6.16. The number of benzene rings is 2.